The first-order valence-electron chi connectivity index (χ1n) is 15.4. The van der Waals surface area contributed by atoms with Crippen LogP contribution >= 0.6 is 0 Å². The number of ketones is 2. The van der Waals surface area contributed by atoms with Gasteiger partial charge < -0.3 is 36.2 Å². The van der Waals surface area contributed by atoms with Crippen LogP contribution in [-0.4, -0.2) is 98.9 Å². The van der Waals surface area contributed by atoms with Crippen LogP contribution in [0.5, 0.6) is 11.5 Å². The molecule has 1 aromatic rings. The van der Waals surface area contributed by atoms with Gasteiger partial charge in [0.15, 0.2) is 17.1 Å². The Morgan fingerprint density at radius 1 is 1.15 bits per heavy atom. The van der Waals surface area contributed by atoms with Gasteiger partial charge in [-0.3, -0.25) is 24.2 Å². The van der Waals surface area contributed by atoms with Crippen LogP contribution in [0, 0.1) is 17.8 Å². The lowest BCUT2D eigenvalue weighted by atomic mass is 9.58. The molecule has 248 valence electrons. The van der Waals surface area contributed by atoms with Crippen LogP contribution in [-0.2, 0) is 16.0 Å². The highest BCUT2D eigenvalue weighted by Crippen LogP contribution is 2.60. The number of amides is 1. The topological polar surface area (TPSA) is 186 Å². The molecule has 7 rings (SSSR count). The predicted octanol–water partition coefficient (Wildman–Crippen LogP) is 2.36. The number of aliphatic hydroxyl groups excluding tert-OH is 2. The number of piperidine rings is 1. The van der Waals surface area contributed by atoms with Gasteiger partial charge in [-0.2, -0.15) is 0 Å². The number of aliphatic hydroxyl groups is 3. The SMILES string of the molecule is CN(C)[C@@H]1C(O)=C(C(N)=O)C(=O)[C@]2(O)C(O)=C3C(=O)c4c(O)c5c(c(OC(F)(F)F)c4C[C@H]3C[C@@H]12)C1C(CN5)CC2CCCCN21. The van der Waals surface area contributed by atoms with Crippen molar-refractivity contribution in [2.24, 2.45) is 23.5 Å². The number of rotatable bonds is 3. The molecule has 46 heavy (non-hydrogen) atoms. The number of primary amides is 1. The highest BCUT2D eigenvalue weighted by atomic mass is 19.4. The van der Waals surface area contributed by atoms with Crippen molar-refractivity contribution in [2.45, 2.75) is 68.6 Å². The van der Waals surface area contributed by atoms with Crippen LogP contribution in [0.3, 0.4) is 0 Å². The van der Waals surface area contributed by atoms with E-state index in [0.29, 0.717) is 13.1 Å². The largest absolute Gasteiger partial charge is 0.573 e. The minimum atomic E-state index is -5.15. The Labute approximate surface area is 261 Å². The maximum Gasteiger partial charge on any atom is 0.573 e. The fourth-order valence-corrected chi connectivity index (χ4v) is 9.29. The van der Waals surface area contributed by atoms with Gasteiger partial charge in [-0.25, -0.2) is 0 Å². The minimum Gasteiger partial charge on any atom is -0.510 e. The maximum absolute atomic E-state index is 14.2. The number of carbonyl (C=O) groups is 3. The quantitative estimate of drug-likeness (QED) is 0.209. The van der Waals surface area contributed by atoms with E-state index in [4.69, 9.17) is 10.5 Å². The van der Waals surface area contributed by atoms with Crippen molar-refractivity contribution in [3.63, 3.8) is 0 Å². The molecule has 3 unspecified atom stereocenters. The molecule has 15 heteroatoms. The highest BCUT2D eigenvalue weighted by Gasteiger charge is 2.64. The second-order valence-corrected chi connectivity index (χ2v) is 13.5. The van der Waals surface area contributed by atoms with Gasteiger partial charge in [-0.15, -0.1) is 13.2 Å². The number of halogens is 3. The van der Waals surface area contributed by atoms with Gasteiger partial charge in [0.05, 0.1) is 17.3 Å². The van der Waals surface area contributed by atoms with Gasteiger partial charge in [-0.05, 0) is 64.6 Å². The molecule has 2 saturated heterocycles. The van der Waals surface area contributed by atoms with Crippen LogP contribution in [0.25, 0.3) is 0 Å². The maximum atomic E-state index is 14.2. The predicted molar refractivity (Wildman–Crippen MR) is 154 cm³/mol. The van der Waals surface area contributed by atoms with Gasteiger partial charge in [-0.1, -0.05) is 6.42 Å². The van der Waals surface area contributed by atoms with E-state index in [2.05, 4.69) is 10.2 Å². The number of nitrogens with one attached hydrogen (secondary N) is 1. The molecule has 0 aromatic heterocycles. The Balaban J connectivity index is 1.44. The summed E-state index contributed by atoms with van der Waals surface area (Å²) < 4.78 is 47.2. The van der Waals surface area contributed by atoms with Crippen LogP contribution in [0.15, 0.2) is 22.7 Å². The lowest BCUT2D eigenvalue weighted by Crippen LogP contribution is -2.63. The third-order valence-electron chi connectivity index (χ3n) is 11.0. The Morgan fingerprint density at radius 2 is 1.87 bits per heavy atom. The summed E-state index contributed by atoms with van der Waals surface area (Å²) in [6.45, 7) is 1.02. The molecule has 7 N–H and O–H groups in total. The average Bonchev–Trinajstić information content (AvgIpc) is 3.35. The number of nitrogens with zero attached hydrogens (tertiary/aromatic N) is 2. The number of allylic oxidation sites excluding steroid dienone is 1. The van der Waals surface area contributed by atoms with Crippen molar-refractivity contribution in [2.75, 3.05) is 32.5 Å². The molecule has 0 radical (unpaired) electrons. The molecular formula is C31H35F3N4O8. The van der Waals surface area contributed by atoms with E-state index in [1.54, 1.807) is 0 Å². The molecule has 2 fully saturated rings. The number of anilines is 1. The summed E-state index contributed by atoms with van der Waals surface area (Å²) in [7, 11) is 2.98. The van der Waals surface area contributed by atoms with Crippen molar-refractivity contribution < 1.29 is 52.7 Å². The highest BCUT2D eigenvalue weighted by molar-refractivity contribution is 6.25. The van der Waals surface area contributed by atoms with Crippen LogP contribution in [0.4, 0.5) is 18.9 Å². The zero-order chi connectivity index (χ0) is 33.2. The zero-order valence-corrected chi connectivity index (χ0v) is 25.1. The number of phenolic OH excluding ortho intramolecular Hbond substituents is 1. The Morgan fingerprint density at radius 3 is 2.52 bits per heavy atom. The second kappa shape index (κ2) is 10.1. The number of hydrogen-bond acceptors (Lipinski definition) is 11. The molecule has 0 spiro atoms. The van der Waals surface area contributed by atoms with E-state index in [0.717, 1.165) is 25.7 Å². The third kappa shape index (κ3) is 4.06. The summed E-state index contributed by atoms with van der Waals surface area (Å²) in [6, 6.07) is -1.56. The number of alkyl halides is 3. The zero-order valence-electron chi connectivity index (χ0n) is 25.1. The van der Waals surface area contributed by atoms with Crippen molar-refractivity contribution in [1.29, 1.82) is 0 Å². The molecule has 3 heterocycles. The first-order chi connectivity index (χ1) is 21.6. The molecule has 6 aliphatic rings. The summed E-state index contributed by atoms with van der Waals surface area (Å²) in [5.74, 6) is -9.26. The monoisotopic (exact) mass is 648 g/mol. The van der Waals surface area contributed by atoms with Gasteiger partial charge in [0.25, 0.3) is 5.91 Å². The number of carbonyl (C=O) groups excluding carboxylic acids is 3. The van der Waals surface area contributed by atoms with Gasteiger partial charge >= 0.3 is 6.36 Å². The first kappa shape index (κ1) is 30.8. The molecule has 0 bridgehead atoms. The Bertz CT molecular complexity index is 1650. The fraction of sp³-hybridized carbons (Fsp3) is 0.581. The number of Topliss-reactive ketones (excluding diaryl/α,β-unsaturated/α-hetero) is 2. The lowest BCUT2D eigenvalue weighted by molar-refractivity contribution is -0.275. The third-order valence-corrected chi connectivity index (χ3v) is 11.0. The fourth-order valence-electron chi connectivity index (χ4n) is 9.29. The van der Waals surface area contributed by atoms with E-state index < -0.39 is 93.1 Å². The molecule has 1 amide bonds. The molecule has 7 atom stereocenters. The van der Waals surface area contributed by atoms with E-state index in [9.17, 15) is 48.0 Å². The molecular weight excluding hydrogens is 613 g/mol. The van der Waals surface area contributed by atoms with Crippen molar-refractivity contribution >= 4 is 23.2 Å². The number of aromatic hydroxyl groups is 1. The minimum absolute atomic E-state index is 0.0598. The number of ether oxygens (including phenoxy) is 1. The molecule has 0 saturated carbocycles. The van der Waals surface area contributed by atoms with Gasteiger partial charge in [0.1, 0.15) is 22.8 Å². The smallest absolute Gasteiger partial charge is 0.510 e. The van der Waals surface area contributed by atoms with Crippen LogP contribution in [0.2, 0.25) is 0 Å². The number of nitrogens with two attached hydrogens (primary N) is 1. The average molecular weight is 649 g/mol. The Kier molecular flexibility index (Phi) is 6.76. The number of likely N-dealkylation sites (N-methyl/N-ethyl adjacent to an activating group) is 1. The summed E-state index contributed by atoms with van der Waals surface area (Å²) >= 11 is 0. The molecule has 3 aliphatic carbocycles. The lowest BCUT2D eigenvalue weighted by Gasteiger charge is -2.50. The van der Waals surface area contributed by atoms with Crippen molar-refractivity contribution in [1.82, 2.24) is 9.80 Å². The van der Waals surface area contributed by atoms with E-state index in [1.165, 1.54) is 19.0 Å². The van der Waals surface area contributed by atoms with E-state index in [-0.39, 0.29) is 41.6 Å². The molecule has 12 nitrogen and oxygen atoms in total. The summed E-state index contributed by atoms with van der Waals surface area (Å²) in [4.78, 5) is 43.5. The van der Waals surface area contributed by atoms with Crippen molar-refractivity contribution in [3.05, 3.63) is 39.4 Å². The molecule has 1 aromatic carbocycles. The van der Waals surface area contributed by atoms with E-state index in [1.807, 2.05) is 0 Å². The summed E-state index contributed by atoms with van der Waals surface area (Å²) in [5.41, 5.74) is 0.459. The summed E-state index contributed by atoms with van der Waals surface area (Å²) in [5, 5.41) is 49.0. The molecule has 3 aliphatic heterocycles. The number of hydrogen-bond donors (Lipinski definition) is 6. The first-order valence-corrected chi connectivity index (χ1v) is 15.4. The normalized spacial score (nSPS) is 33.9. The number of fused-ring (bicyclic) bond motifs is 8. The second-order valence-electron chi connectivity index (χ2n) is 13.5. The van der Waals surface area contributed by atoms with Crippen LogP contribution in [0.1, 0.15) is 59.6 Å². The standard InChI is InChI=1S/C31H35F3N4O8/c1-37(2)22-15-9-11-8-14-17(23(39)16(11)27(42)30(15,45)28(43)19(25(22)41)29(35)44)24(40)20-18(26(14)46-31(32,33)34)21-12(10-36-20)7-13-5-3-4-6-38(13)21/h11-13,15,21-22,36,40-42,45H,3-10H2,1-2H3,(H2,35,44)/t11-,12?,13?,15-,21?,22-,30+/m0/s1. The number of benzene rings is 1. The van der Waals surface area contributed by atoms with Gasteiger partial charge in [0, 0.05) is 41.2 Å². The van der Waals surface area contributed by atoms with Crippen molar-refractivity contribution in [3.8, 4) is 11.5 Å². The Hall–Kier alpha value is -3.82. The number of phenols is 1. The van der Waals surface area contributed by atoms with E-state index >= 15 is 0 Å². The summed E-state index contributed by atoms with van der Waals surface area (Å²) in [6.07, 6.45) is -2.18. The van der Waals surface area contributed by atoms with Crippen LogP contribution < -0.4 is 15.8 Å². The van der Waals surface area contributed by atoms with Gasteiger partial charge in [0.2, 0.25) is 5.78 Å².